The first kappa shape index (κ1) is 18.8. The van der Waals surface area contributed by atoms with Crippen LogP contribution in [0.4, 0.5) is 4.39 Å². The molecule has 0 spiro atoms. The molecule has 2 aromatic rings. The summed E-state index contributed by atoms with van der Waals surface area (Å²) in [7, 11) is 0. The molecule has 3 rings (SSSR count). The number of halogens is 1. The molecule has 1 heterocycles. The third kappa shape index (κ3) is 3.47. The van der Waals surface area contributed by atoms with Gasteiger partial charge in [-0.3, -0.25) is 19.3 Å². The summed E-state index contributed by atoms with van der Waals surface area (Å²) in [4.78, 5) is 39.4. The van der Waals surface area contributed by atoms with Crippen molar-refractivity contribution in [2.24, 2.45) is 5.92 Å². The van der Waals surface area contributed by atoms with Crippen LogP contribution in [0.2, 0.25) is 0 Å². The van der Waals surface area contributed by atoms with E-state index in [1.807, 2.05) is 13.8 Å². The maximum Gasteiger partial charge on any atom is 0.262 e. The number of nitrogens with one attached hydrogen (secondary N) is 1. The Bertz CT molecular complexity index is 862. The zero-order valence-electron chi connectivity index (χ0n) is 15.2. The first-order valence-corrected chi connectivity index (χ1v) is 8.93. The van der Waals surface area contributed by atoms with Gasteiger partial charge in [-0.2, -0.15) is 0 Å². The lowest BCUT2D eigenvalue weighted by molar-refractivity contribution is -0.126. The van der Waals surface area contributed by atoms with Crippen molar-refractivity contribution < 1.29 is 18.8 Å². The van der Waals surface area contributed by atoms with Crippen molar-refractivity contribution in [3.05, 3.63) is 71.0 Å². The molecular weight excluding hydrogens is 347 g/mol. The predicted molar refractivity (Wildman–Crippen MR) is 98.4 cm³/mol. The van der Waals surface area contributed by atoms with E-state index in [-0.39, 0.29) is 12.5 Å². The average molecular weight is 368 g/mol. The molecule has 0 fully saturated rings. The maximum atomic E-state index is 13.8. The summed E-state index contributed by atoms with van der Waals surface area (Å²) in [6.07, 6.45) is 0.602. The molecular formula is C21H21FN2O3. The van der Waals surface area contributed by atoms with Crippen LogP contribution in [0, 0.1) is 11.7 Å². The second kappa shape index (κ2) is 7.70. The van der Waals surface area contributed by atoms with Gasteiger partial charge in [-0.25, -0.2) is 4.39 Å². The fourth-order valence-corrected chi connectivity index (χ4v) is 3.24. The number of hydrogen-bond donors (Lipinski definition) is 1. The lowest BCUT2D eigenvalue weighted by Crippen LogP contribution is -2.52. The van der Waals surface area contributed by atoms with Crippen LogP contribution >= 0.6 is 0 Å². The highest BCUT2D eigenvalue weighted by atomic mass is 19.1. The monoisotopic (exact) mass is 368 g/mol. The first-order chi connectivity index (χ1) is 13.0. The number of rotatable bonds is 6. The van der Waals surface area contributed by atoms with E-state index in [1.54, 1.807) is 42.5 Å². The molecule has 0 bridgehead atoms. The van der Waals surface area contributed by atoms with Crippen molar-refractivity contribution in [2.75, 3.05) is 0 Å². The quantitative estimate of drug-likeness (QED) is 0.797. The number of nitrogens with zero attached hydrogens (tertiary/aromatic N) is 1. The van der Waals surface area contributed by atoms with E-state index in [9.17, 15) is 18.8 Å². The summed E-state index contributed by atoms with van der Waals surface area (Å²) in [5.41, 5.74) is 0.950. The lowest BCUT2D eigenvalue weighted by atomic mass is 9.96. The van der Waals surface area contributed by atoms with Crippen molar-refractivity contribution in [1.82, 2.24) is 10.2 Å². The molecule has 1 aliphatic rings. The van der Waals surface area contributed by atoms with Crippen molar-refractivity contribution in [1.29, 1.82) is 0 Å². The summed E-state index contributed by atoms with van der Waals surface area (Å²) in [6.45, 7) is 3.69. The molecule has 2 aromatic carbocycles. The second-order valence-electron chi connectivity index (χ2n) is 6.67. The minimum Gasteiger partial charge on any atom is -0.350 e. The van der Waals surface area contributed by atoms with E-state index in [1.165, 1.54) is 6.07 Å². The Morgan fingerprint density at radius 3 is 2.15 bits per heavy atom. The van der Waals surface area contributed by atoms with Crippen LogP contribution in [0.3, 0.4) is 0 Å². The predicted octanol–water partition coefficient (Wildman–Crippen LogP) is 3.15. The molecule has 140 valence electrons. The summed E-state index contributed by atoms with van der Waals surface area (Å²) in [5.74, 6) is -2.07. The highest BCUT2D eigenvalue weighted by molar-refractivity contribution is 6.22. The normalized spacial score (nSPS) is 15.4. The largest absolute Gasteiger partial charge is 0.350 e. The Kier molecular flexibility index (Phi) is 5.35. The van der Waals surface area contributed by atoms with E-state index in [2.05, 4.69) is 5.32 Å². The minimum absolute atomic E-state index is 0.0123. The Hall–Kier alpha value is -3.02. The van der Waals surface area contributed by atoms with Gasteiger partial charge < -0.3 is 5.32 Å². The van der Waals surface area contributed by atoms with Crippen LogP contribution < -0.4 is 5.32 Å². The number of carbonyl (C=O) groups excluding carboxylic acids is 3. The Labute approximate surface area is 157 Å². The van der Waals surface area contributed by atoms with Gasteiger partial charge in [0.15, 0.2) is 0 Å². The van der Waals surface area contributed by atoms with Gasteiger partial charge in [0.2, 0.25) is 5.91 Å². The van der Waals surface area contributed by atoms with Gasteiger partial charge in [0.05, 0.1) is 11.1 Å². The molecule has 1 N–H and O–H groups in total. The van der Waals surface area contributed by atoms with E-state index < -0.39 is 29.6 Å². The molecule has 27 heavy (non-hydrogen) atoms. The minimum atomic E-state index is -0.950. The third-order valence-corrected chi connectivity index (χ3v) is 4.97. The smallest absolute Gasteiger partial charge is 0.262 e. The van der Waals surface area contributed by atoms with Gasteiger partial charge >= 0.3 is 0 Å². The van der Waals surface area contributed by atoms with Gasteiger partial charge in [0, 0.05) is 12.1 Å². The van der Waals surface area contributed by atoms with Gasteiger partial charge in [-0.05, 0) is 24.1 Å². The van der Waals surface area contributed by atoms with E-state index in [4.69, 9.17) is 0 Å². The second-order valence-corrected chi connectivity index (χ2v) is 6.67. The van der Waals surface area contributed by atoms with Crippen molar-refractivity contribution >= 4 is 17.7 Å². The van der Waals surface area contributed by atoms with Crippen LogP contribution in [0.5, 0.6) is 0 Å². The molecule has 5 nitrogen and oxygen atoms in total. The number of imide groups is 1. The fourth-order valence-electron chi connectivity index (χ4n) is 3.24. The van der Waals surface area contributed by atoms with Crippen molar-refractivity contribution in [3.8, 4) is 0 Å². The van der Waals surface area contributed by atoms with Crippen LogP contribution in [0.25, 0.3) is 0 Å². The van der Waals surface area contributed by atoms with Crippen LogP contribution in [0.15, 0.2) is 48.5 Å². The molecule has 0 aromatic heterocycles. The van der Waals surface area contributed by atoms with Crippen LogP contribution in [0.1, 0.15) is 46.5 Å². The molecule has 0 saturated heterocycles. The van der Waals surface area contributed by atoms with E-state index in [0.717, 1.165) is 4.90 Å². The van der Waals surface area contributed by atoms with Gasteiger partial charge in [-0.15, -0.1) is 0 Å². The zero-order valence-corrected chi connectivity index (χ0v) is 15.2. The van der Waals surface area contributed by atoms with E-state index >= 15 is 0 Å². The highest BCUT2D eigenvalue weighted by Gasteiger charge is 2.44. The van der Waals surface area contributed by atoms with Crippen LogP contribution in [-0.2, 0) is 11.3 Å². The number of amides is 3. The number of hydrogen-bond acceptors (Lipinski definition) is 3. The number of benzene rings is 2. The maximum absolute atomic E-state index is 13.8. The Morgan fingerprint density at radius 2 is 1.59 bits per heavy atom. The fraction of sp³-hybridized carbons (Fsp3) is 0.286. The molecule has 3 amide bonds. The van der Waals surface area contributed by atoms with Crippen molar-refractivity contribution in [2.45, 2.75) is 32.9 Å². The molecule has 0 saturated carbocycles. The molecule has 6 heteroatoms. The zero-order chi connectivity index (χ0) is 19.6. The van der Waals surface area contributed by atoms with Gasteiger partial charge in [0.1, 0.15) is 11.9 Å². The molecule has 1 aliphatic heterocycles. The summed E-state index contributed by atoms with van der Waals surface area (Å²) in [6, 6.07) is 11.7. The van der Waals surface area contributed by atoms with Gasteiger partial charge in [0.25, 0.3) is 11.8 Å². The highest BCUT2D eigenvalue weighted by Crippen LogP contribution is 2.28. The van der Waals surface area contributed by atoms with Crippen LogP contribution in [-0.4, -0.2) is 28.7 Å². The van der Waals surface area contributed by atoms with Crippen molar-refractivity contribution in [3.63, 3.8) is 0 Å². The summed E-state index contributed by atoms with van der Waals surface area (Å²) >= 11 is 0. The van der Waals surface area contributed by atoms with E-state index in [0.29, 0.717) is 23.1 Å². The van der Waals surface area contributed by atoms with Gasteiger partial charge in [-0.1, -0.05) is 50.6 Å². The molecule has 0 unspecified atom stereocenters. The lowest BCUT2D eigenvalue weighted by Gasteiger charge is -2.29. The molecule has 2 atom stereocenters. The summed E-state index contributed by atoms with van der Waals surface area (Å²) < 4.78 is 13.8. The summed E-state index contributed by atoms with van der Waals surface area (Å²) in [5, 5.41) is 2.67. The molecule has 0 aliphatic carbocycles. The molecule has 0 radical (unpaired) electrons. The number of carbonyl (C=O) groups is 3. The topological polar surface area (TPSA) is 66.5 Å². The SMILES string of the molecule is CC[C@H](C)[C@@H](C(=O)NCc1ccccc1F)N1C(=O)c2ccccc2C1=O. The standard InChI is InChI=1S/C21H21FN2O3/c1-3-13(2)18(19(25)23-12-14-8-4-7-11-17(14)22)24-20(26)15-9-5-6-10-16(15)21(24)27/h4-11,13,18H,3,12H2,1-2H3,(H,23,25)/t13-,18-/m0/s1. The third-order valence-electron chi connectivity index (χ3n) is 4.97. The Balaban J connectivity index is 1.85. The Morgan fingerprint density at radius 1 is 1.04 bits per heavy atom. The first-order valence-electron chi connectivity index (χ1n) is 8.93. The number of fused-ring (bicyclic) bond motifs is 1. The average Bonchev–Trinajstić information content (AvgIpc) is 2.93.